The molecule has 1 unspecified atom stereocenters. The minimum Gasteiger partial charge on any atom is -0.492 e. The topological polar surface area (TPSA) is 45.3 Å². The zero-order chi connectivity index (χ0) is 15.6. The van der Waals surface area contributed by atoms with Crippen LogP contribution in [0.5, 0.6) is 5.75 Å². The first-order chi connectivity index (χ1) is 11.3. The lowest BCUT2D eigenvalue weighted by Gasteiger charge is -2.34. The highest BCUT2D eigenvalue weighted by molar-refractivity contribution is 5.83. The molecule has 2 saturated heterocycles. The van der Waals surface area contributed by atoms with E-state index >= 15 is 0 Å². The molecule has 2 fully saturated rings. The quantitative estimate of drug-likeness (QED) is 0.763. The number of ether oxygens (including phenoxy) is 2. The Hall–Kier alpha value is -1.59. The summed E-state index contributed by atoms with van der Waals surface area (Å²) in [6.07, 6.45) is 3.52. The summed E-state index contributed by atoms with van der Waals surface area (Å²) in [4.78, 5) is 16.2. The average molecular weight is 316 g/mol. The number of rotatable bonds is 5. The van der Waals surface area contributed by atoms with E-state index in [4.69, 9.17) is 9.47 Å². The number of epoxide rings is 1. The Morgan fingerprint density at radius 2 is 1.96 bits per heavy atom. The highest BCUT2D eigenvalue weighted by atomic mass is 16.6. The summed E-state index contributed by atoms with van der Waals surface area (Å²) >= 11 is 0. The number of carbonyl (C=O) groups is 1. The third-order valence-corrected chi connectivity index (χ3v) is 5.04. The summed E-state index contributed by atoms with van der Waals surface area (Å²) in [7, 11) is 0. The summed E-state index contributed by atoms with van der Waals surface area (Å²) in [5, 5.41) is 0. The van der Waals surface area contributed by atoms with E-state index in [9.17, 15) is 4.79 Å². The van der Waals surface area contributed by atoms with E-state index in [0.717, 1.165) is 38.5 Å². The standard InChI is InChI=1S/C18H24N2O3/c21-18(17-13-23-17)20-8-6-19(7-9-20)10-11-22-16-5-4-14-2-1-3-15(14)12-16/h4-5,12,17H,1-3,6-11,13H2. The van der Waals surface area contributed by atoms with Crippen LogP contribution in [0.3, 0.4) is 0 Å². The lowest BCUT2D eigenvalue weighted by atomic mass is 10.1. The largest absolute Gasteiger partial charge is 0.492 e. The molecule has 0 N–H and O–H groups in total. The van der Waals surface area contributed by atoms with Crippen LogP contribution in [-0.2, 0) is 22.4 Å². The number of fused-ring (bicyclic) bond motifs is 1. The van der Waals surface area contributed by atoms with Crippen LogP contribution >= 0.6 is 0 Å². The van der Waals surface area contributed by atoms with Gasteiger partial charge >= 0.3 is 0 Å². The van der Waals surface area contributed by atoms with Crippen molar-refractivity contribution in [3.05, 3.63) is 29.3 Å². The van der Waals surface area contributed by atoms with Gasteiger partial charge in [0, 0.05) is 32.7 Å². The highest BCUT2D eigenvalue weighted by Crippen LogP contribution is 2.26. The number of carbonyl (C=O) groups excluding carboxylic acids is 1. The van der Waals surface area contributed by atoms with Gasteiger partial charge in [-0.15, -0.1) is 0 Å². The Morgan fingerprint density at radius 3 is 2.74 bits per heavy atom. The zero-order valence-electron chi connectivity index (χ0n) is 13.5. The molecule has 3 aliphatic rings. The van der Waals surface area contributed by atoms with Crippen molar-refractivity contribution in [1.29, 1.82) is 0 Å². The van der Waals surface area contributed by atoms with Crippen molar-refractivity contribution in [2.45, 2.75) is 25.4 Å². The van der Waals surface area contributed by atoms with Crippen LogP contribution in [0.15, 0.2) is 18.2 Å². The maximum atomic E-state index is 11.9. The normalized spacial score (nSPS) is 23.7. The molecule has 1 aliphatic carbocycles. The van der Waals surface area contributed by atoms with Crippen molar-refractivity contribution >= 4 is 5.91 Å². The second kappa shape index (κ2) is 6.49. The summed E-state index contributed by atoms with van der Waals surface area (Å²) in [5.41, 5.74) is 2.94. The molecule has 1 atom stereocenters. The average Bonchev–Trinajstić information content (AvgIpc) is 3.33. The zero-order valence-corrected chi connectivity index (χ0v) is 13.5. The van der Waals surface area contributed by atoms with Crippen LogP contribution in [-0.4, -0.2) is 67.7 Å². The van der Waals surface area contributed by atoms with E-state index in [1.165, 1.54) is 30.4 Å². The van der Waals surface area contributed by atoms with Gasteiger partial charge in [0.05, 0.1) is 6.61 Å². The molecule has 124 valence electrons. The van der Waals surface area contributed by atoms with Gasteiger partial charge in [-0.05, 0) is 42.5 Å². The van der Waals surface area contributed by atoms with Crippen LogP contribution in [0.1, 0.15) is 17.5 Å². The minimum absolute atomic E-state index is 0.148. The molecule has 2 aliphatic heterocycles. The van der Waals surface area contributed by atoms with Crippen molar-refractivity contribution in [1.82, 2.24) is 9.80 Å². The molecule has 4 rings (SSSR count). The third-order valence-electron chi connectivity index (χ3n) is 5.04. The fraction of sp³-hybridized carbons (Fsp3) is 0.611. The predicted molar refractivity (Wildman–Crippen MR) is 86.7 cm³/mol. The van der Waals surface area contributed by atoms with Gasteiger partial charge in [-0.1, -0.05) is 6.07 Å². The minimum atomic E-state index is -0.148. The molecule has 1 amide bonds. The molecule has 1 aromatic carbocycles. The van der Waals surface area contributed by atoms with Gasteiger partial charge in [-0.2, -0.15) is 0 Å². The fourth-order valence-electron chi connectivity index (χ4n) is 3.52. The molecule has 2 heterocycles. The van der Waals surface area contributed by atoms with Crippen molar-refractivity contribution in [3.8, 4) is 5.75 Å². The lowest BCUT2D eigenvalue weighted by molar-refractivity contribution is -0.134. The first-order valence-electron chi connectivity index (χ1n) is 8.67. The second-order valence-corrected chi connectivity index (χ2v) is 6.62. The molecule has 0 aromatic heterocycles. The van der Waals surface area contributed by atoms with Gasteiger partial charge in [0.2, 0.25) is 0 Å². The summed E-state index contributed by atoms with van der Waals surface area (Å²) in [5.74, 6) is 1.16. The molecule has 0 radical (unpaired) electrons. The van der Waals surface area contributed by atoms with E-state index in [0.29, 0.717) is 13.2 Å². The number of nitrogens with zero attached hydrogens (tertiary/aromatic N) is 2. The highest BCUT2D eigenvalue weighted by Gasteiger charge is 2.36. The number of hydrogen-bond donors (Lipinski definition) is 0. The van der Waals surface area contributed by atoms with E-state index in [1.807, 2.05) is 4.90 Å². The van der Waals surface area contributed by atoms with Crippen molar-refractivity contribution in [2.24, 2.45) is 0 Å². The van der Waals surface area contributed by atoms with Gasteiger partial charge in [0.15, 0.2) is 6.10 Å². The predicted octanol–water partition coefficient (Wildman–Crippen LogP) is 1.10. The van der Waals surface area contributed by atoms with Crippen molar-refractivity contribution < 1.29 is 14.3 Å². The van der Waals surface area contributed by atoms with Gasteiger partial charge < -0.3 is 14.4 Å². The van der Waals surface area contributed by atoms with Crippen molar-refractivity contribution in [3.63, 3.8) is 0 Å². The summed E-state index contributed by atoms with van der Waals surface area (Å²) in [6.45, 7) is 5.68. The third kappa shape index (κ3) is 3.51. The molecular weight excluding hydrogens is 292 g/mol. The molecule has 0 saturated carbocycles. The number of benzene rings is 1. The molecule has 0 spiro atoms. The number of hydrogen-bond acceptors (Lipinski definition) is 4. The van der Waals surface area contributed by atoms with Crippen LogP contribution in [0.2, 0.25) is 0 Å². The molecular formula is C18H24N2O3. The van der Waals surface area contributed by atoms with Crippen LogP contribution in [0.25, 0.3) is 0 Å². The Morgan fingerprint density at radius 1 is 1.17 bits per heavy atom. The molecule has 1 aromatic rings. The smallest absolute Gasteiger partial charge is 0.254 e. The van der Waals surface area contributed by atoms with Gasteiger partial charge in [0.1, 0.15) is 12.4 Å². The Kier molecular flexibility index (Phi) is 4.23. The van der Waals surface area contributed by atoms with Gasteiger partial charge in [-0.25, -0.2) is 0 Å². The lowest BCUT2D eigenvalue weighted by Crippen LogP contribution is -2.50. The molecule has 23 heavy (non-hydrogen) atoms. The summed E-state index contributed by atoms with van der Waals surface area (Å²) < 4.78 is 11.0. The van der Waals surface area contributed by atoms with Crippen LogP contribution in [0, 0.1) is 0 Å². The van der Waals surface area contributed by atoms with Gasteiger partial charge in [-0.3, -0.25) is 9.69 Å². The van der Waals surface area contributed by atoms with E-state index in [-0.39, 0.29) is 12.0 Å². The maximum absolute atomic E-state index is 11.9. The fourth-order valence-corrected chi connectivity index (χ4v) is 3.52. The SMILES string of the molecule is O=C(C1CO1)N1CCN(CCOc2ccc3c(c2)CCC3)CC1. The first kappa shape index (κ1) is 15.0. The molecule has 5 heteroatoms. The Labute approximate surface area is 137 Å². The first-order valence-corrected chi connectivity index (χ1v) is 8.67. The summed E-state index contributed by atoms with van der Waals surface area (Å²) in [6, 6.07) is 6.51. The van der Waals surface area contributed by atoms with E-state index in [2.05, 4.69) is 23.1 Å². The van der Waals surface area contributed by atoms with E-state index in [1.54, 1.807) is 0 Å². The monoisotopic (exact) mass is 316 g/mol. The maximum Gasteiger partial charge on any atom is 0.254 e. The van der Waals surface area contributed by atoms with Crippen LogP contribution < -0.4 is 4.74 Å². The molecule has 5 nitrogen and oxygen atoms in total. The van der Waals surface area contributed by atoms with Crippen LogP contribution in [0.4, 0.5) is 0 Å². The van der Waals surface area contributed by atoms with Gasteiger partial charge in [0.25, 0.3) is 5.91 Å². The number of amides is 1. The Balaban J connectivity index is 1.19. The Bertz CT molecular complexity index is 578. The number of piperazine rings is 1. The second-order valence-electron chi connectivity index (χ2n) is 6.62. The van der Waals surface area contributed by atoms with E-state index < -0.39 is 0 Å². The molecule has 0 bridgehead atoms. The van der Waals surface area contributed by atoms with Crippen molar-refractivity contribution in [2.75, 3.05) is 45.9 Å². The number of aryl methyl sites for hydroxylation is 2.